The van der Waals surface area contributed by atoms with E-state index in [1.165, 1.54) is 19.3 Å². The van der Waals surface area contributed by atoms with Gasteiger partial charge in [0.15, 0.2) is 0 Å². The van der Waals surface area contributed by atoms with E-state index in [1.54, 1.807) is 0 Å². The van der Waals surface area contributed by atoms with Gasteiger partial charge in [0.05, 0.1) is 0 Å². The van der Waals surface area contributed by atoms with Crippen LogP contribution in [0.5, 0.6) is 0 Å². The molecule has 1 N–H and O–H groups in total. The van der Waals surface area contributed by atoms with E-state index in [0.717, 1.165) is 25.6 Å². The van der Waals surface area contributed by atoms with Gasteiger partial charge in [-0.1, -0.05) is 6.92 Å². The van der Waals surface area contributed by atoms with Crippen molar-refractivity contribution in [2.45, 2.75) is 32.2 Å². The molecule has 3 heteroatoms. The summed E-state index contributed by atoms with van der Waals surface area (Å²) in [6.45, 7) is 5.23. The third-order valence-electron chi connectivity index (χ3n) is 4.39. The normalized spacial score (nSPS) is 36.7. The summed E-state index contributed by atoms with van der Waals surface area (Å²) in [4.78, 5) is 14.3. The number of rotatable bonds is 2. The first-order valence-electron chi connectivity index (χ1n) is 6.28. The minimum absolute atomic E-state index is 0.281. The molecule has 84 valence electrons. The first-order chi connectivity index (χ1) is 7.25. The highest BCUT2D eigenvalue weighted by molar-refractivity contribution is 5.79. The van der Waals surface area contributed by atoms with Crippen molar-refractivity contribution >= 4 is 5.91 Å². The Labute approximate surface area is 91.2 Å². The maximum absolute atomic E-state index is 12.2. The van der Waals surface area contributed by atoms with Gasteiger partial charge in [0.2, 0.25) is 5.91 Å². The summed E-state index contributed by atoms with van der Waals surface area (Å²) in [5.41, 5.74) is 0. The second-order valence-electron chi connectivity index (χ2n) is 5.48. The van der Waals surface area contributed by atoms with Gasteiger partial charge in [-0.25, -0.2) is 0 Å². The molecule has 2 heterocycles. The Balaban J connectivity index is 1.61. The van der Waals surface area contributed by atoms with Crippen molar-refractivity contribution in [3.63, 3.8) is 0 Å². The number of hydrogen-bond donors (Lipinski definition) is 1. The quantitative estimate of drug-likeness (QED) is 0.730. The largest absolute Gasteiger partial charge is 0.341 e. The van der Waals surface area contributed by atoms with E-state index in [4.69, 9.17) is 0 Å². The lowest BCUT2D eigenvalue weighted by Crippen LogP contribution is -2.37. The average Bonchev–Trinajstić information content (AvgIpc) is 2.85. The zero-order valence-corrected chi connectivity index (χ0v) is 9.41. The summed E-state index contributed by atoms with van der Waals surface area (Å²) >= 11 is 0. The number of fused-ring (bicyclic) bond motifs is 1. The van der Waals surface area contributed by atoms with Gasteiger partial charge in [-0.2, -0.15) is 0 Å². The summed E-state index contributed by atoms with van der Waals surface area (Å²) in [5.74, 6) is 2.13. The molecule has 3 nitrogen and oxygen atoms in total. The molecule has 1 unspecified atom stereocenters. The van der Waals surface area contributed by atoms with Crippen molar-refractivity contribution in [1.82, 2.24) is 10.2 Å². The number of hydrogen-bond acceptors (Lipinski definition) is 2. The summed E-state index contributed by atoms with van der Waals surface area (Å²) < 4.78 is 0. The number of likely N-dealkylation sites (tertiary alicyclic amines) is 1. The highest BCUT2D eigenvalue weighted by atomic mass is 16.2. The zero-order valence-electron chi connectivity index (χ0n) is 9.41. The maximum atomic E-state index is 12.2. The van der Waals surface area contributed by atoms with E-state index in [1.807, 2.05) is 0 Å². The third kappa shape index (κ3) is 1.67. The van der Waals surface area contributed by atoms with Crippen molar-refractivity contribution in [3.05, 3.63) is 0 Å². The van der Waals surface area contributed by atoms with E-state index in [-0.39, 0.29) is 5.92 Å². The number of carbonyl (C=O) groups is 1. The van der Waals surface area contributed by atoms with Crippen LogP contribution in [-0.2, 0) is 4.79 Å². The van der Waals surface area contributed by atoms with Gasteiger partial charge in [0.25, 0.3) is 0 Å². The van der Waals surface area contributed by atoms with Gasteiger partial charge < -0.3 is 10.2 Å². The van der Waals surface area contributed by atoms with Crippen LogP contribution < -0.4 is 5.32 Å². The van der Waals surface area contributed by atoms with E-state index in [2.05, 4.69) is 17.1 Å². The fraction of sp³-hybridized carbons (Fsp3) is 0.917. The molecule has 0 spiro atoms. The molecule has 2 aliphatic heterocycles. The van der Waals surface area contributed by atoms with Crippen LogP contribution in [0.3, 0.4) is 0 Å². The van der Waals surface area contributed by atoms with Gasteiger partial charge in [-0.3, -0.25) is 4.79 Å². The van der Waals surface area contributed by atoms with Crippen LogP contribution in [0.1, 0.15) is 26.2 Å². The van der Waals surface area contributed by atoms with E-state index < -0.39 is 0 Å². The Morgan fingerprint density at radius 3 is 2.80 bits per heavy atom. The van der Waals surface area contributed by atoms with Gasteiger partial charge in [-0.15, -0.1) is 0 Å². The molecule has 0 radical (unpaired) electrons. The van der Waals surface area contributed by atoms with Gasteiger partial charge in [-0.05, 0) is 37.6 Å². The Kier molecular flexibility index (Phi) is 2.23. The van der Waals surface area contributed by atoms with Crippen molar-refractivity contribution < 1.29 is 4.79 Å². The molecule has 0 aromatic rings. The average molecular weight is 208 g/mol. The SMILES string of the molecule is CC(C(=O)N1C[C@@H]2CCN[C@@H]2C1)C1CC1. The highest BCUT2D eigenvalue weighted by Crippen LogP contribution is 2.38. The smallest absolute Gasteiger partial charge is 0.225 e. The summed E-state index contributed by atoms with van der Waals surface area (Å²) in [6, 6.07) is 0.598. The molecule has 1 saturated carbocycles. The Hall–Kier alpha value is -0.570. The fourth-order valence-electron chi connectivity index (χ4n) is 3.11. The standard InChI is InChI=1S/C12H20N2O/c1-8(9-2-3-9)12(15)14-6-10-4-5-13-11(10)7-14/h8-11,13H,2-7H2,1H3/t8?,10-,11+/m0/s1. The van der Waals surface area contributed by atoms with E-state index >= 15 is 0 Å². The van der Waals surface area contributed by atoms with Gasteiger partial charge in [0, 0.05) is 25.0 Å². The number of nitrogens with zero attached hydrogens (tertiary/aromatic N) is 1. The van der Waals surface area contributed by atoms with Crippen LogP contribution in [0.2, 0.25) is 0 Å². The molecule has 0 bridgehead atoms. The van der Waals surface area contributed by atoms with Crippen molar-refractivity contribution in [2.24, 2.45) is 17.8 Å². The molecule has 3 atom stereocenters. The highest BCUT2D eigenvalue weighted by Gasteiger charge is 2.41. The van der Waals surface area contributed by atoms with Crippen LogP contribution in [-0.4, -0.2) is 36.5 Å². The molecule has 0 aromatic carbocycles. The molecule has 1 amide bonds. The van der Waals surface area contributed by atoms with E-state index in [0.29, 0.717) is 17.9 Å². The predicted molar refractivity (Wildman–Crippen MR) is 58.4 cm³/mol. The zero-order chi connectivity index (χ0) is 10.4. The lowest BCUT2D eigenvalue weighted by atomic mass is 10.0. The molecule has 3 rings (SSSR count). The van der Waals surface area contributed by atoms with Crippen LogP contribution in [0.25, 0.3) is 0 Å². The Morgan fingerprint density at radius 1 is 1.33 bits per heavy atom. The first kappa shape index (κ1) is 9.64. The van der Waals surface area contributed by atoms with Crippen LogP contribution in [0.4, 0.5) is 0 Å². The monoisotopic (exact) mass is 208 g/mol. The lowest BCUT2D eigenvalue weighted by molar-refractivity contribution is -0.134. The van der Waals surface area contributed by atoms with Crippen molar-refractivity contribution in [3.8, 4) is 0 Å². The Morgan fingerprint density at radius 2 is 2.13 bits per heavy atom. The van der Waals surface area contributed by atoms with Gasteiger partial charge in [0.1, 0.15) is 0 Å². The third-order valence-corrected chi connectivity index (χ3v) is 4.39. The minimum Gasteiger partial charge on any atom is -0.341 e. The molecule has 3 aliphatic rings. The summed E-state index contributed by atoms with van der Waals surface area (Å²) in [7, 11) is 0. The molecule has 2 saturated heterocycles. The van der Waals surface area contributed by atoms with Crippen LogP contribution in [0.15, 0.2) is 0 Å². The Bertz CT molecular complexity index is 263. The lowest BCUT2D eigenvalue weighted by Gasteiger charge is -2.21. The predicted octanol–water partition coefficient (Wildman–Crippen LogP) is 0.853. The van der Waals surface area contributed by atoms with Crippen molar-refractivity contribution in [1.29, 1.82) is 0 Å². The summed E-state index contributed by atoms with van der Waals surface area (Å²) in [5, 5.41) is 3.49. The topological polar surface area (TPSA) is 32.3 Å². The molecule has 0 aromatic heterocycles. The van der Waals surface area contributed by atoms with Gasteiger partial charge >= 0.3 is 0 Å². The second-order valence-corrected chi connectivity index (χ2v) is 5.48. The molecular weight excluding hydrogens is 188 g/mol. The number of amides is 1. The first-order valence-corrected chi connectivity index (χ1v) is 6.28. The van der Waals surface area contributed by atoms with Crippen LogP contribution >= 0.6 is 0 Å². The number of nitrogens with one attached hydrogen (secondary N) is 1. The van der Waals surface area contributed by atoms with Crippen LogP contribution in [0, 0.1) is 17.8 Å². The van der Waals surface area contributed by atoms with Crippen molar-refractivity contribution in [2.75, 3.05) is 19.6 Å². The molecule has 15 heavy (non-hydrogen) atoms. The summed E-state index contributed by atoms with van der Waals surface area (Å²) in [6.07, 6.45) is 3.80. The number of carbonyl (C=O) groups excluding carboxylic acids is 1. The molecular formula is C12H20N2O. The fourth-order valence-corrected chi connectivity index (χ4v) is 3.11. The van der Waals surface area contributed by atoms with E-state index in [9.17, 15) is 4.79 Å². The maximum Gasteiger partial charge on any atom is 0.225 e. The molecule has 3 fully saturated rings. The molecule has 1 aliphatic carbocycles. The second kappa shape index (κ2) is 3.48. The minimum atomic E-state index is 0.281.